The minimum atomic E-state index is 0.188. The van der Waals surface area contributed by atoms with Crippen molar-refractivity contribution >= 4 is 17.7 Å². The lowest BCUT2D eigenvalue weighted by Crippen LogP contribution is -2.39. The van der Waals surface area contributed by atoms with Crippen molar-refractivity contribution < 1.29 is 4.79 Å². The minimum absolute atomic E-state index is 0.188. The number of amides is 1. The highest BCUT2D eigenvalue weighted by molar-refractivity contribution is 7.98. The van der Waals surface area contributed by atoms with Crippen LogP contribution in [0.4, 0.5) is 0 Å². The van der Waals surface area contributed by atoms with Gasteiger partial charge in [-0.3, -0.25) is 4.79 Å². The lowest BCUT2D eigenvalue weighted by Gasteiger charge is -2.31. The fourth-order valence-corrected chi connectivity index (χ4v) is 4.05. The van der Waals surface area contributed by atoms with E-state index in [0.29, 0.717) is 5.92 Å². The van der Waals surface area contributed by atoms with Crippen LogP contribution in [0.1, 0.15) is 35.7 Å². The number of likely N-dealkylation sites (tertiary alicyclic amines) is 1. The van der Waals surface area contributed by atoms with Crippen LogP contribution in [0.15, 0.2) is 59.5 Å². The molecule has 120 valence electrons. The number of carbonyl (C=O) groups excluding carboxylic acids is 1. The molecule has 23 heavy (non-hydrogen) atoms. The van der Waals surface area contributed by atoms with E-state index in [0.717, 1.165) is 35.7 Å². The second kappa shape index (κ2) is 7.69. The van der Waals surface area contributed by atoms with Gasteiger partial charge in [0.05, 0.1) is 5.56 Å². The van der Waals surface area contributed by atoms with Gasteiger partial charge in [-0.2, -0.15) is 0 Å². The van der Waals surface area contributed by atoms with Crippen molar-refractivity contribution in [3.8, 4) is 0 Å². The molecule has 0 aliphatic carbocycles. The number of rotatable bonds is 4. The number of hydrogen-bond donors (Lipinski definition) is 0. The van der Waals surface area contributed by atoms with E-state index in [4.69, 9.17) is 0 Å². The summed E-state index contributed by atoms with van der Waals surface area (Å²) in [6.45, 7) is 4.01. The molecule has 1 amide bonds. The van der Waals surface area contributed by atoms with Crippen LogP contribution in [0, 0.1) is 5.92 Å². The van der Waals surface area contributed by atoms with E-state index >= 15 is 0 Å². The molecule has 1 aliphatic rings. The highest BCUT2D eigenvalue weighted by atomic mass is 32.2. The van der Waals surface area contributed by atoms with E-state index in [-0.39, 0.29) is 5.91 Å². The molecule has 1 atom stereocenters. The molecule has 1 fully saturated rings. The van der Waals surface area contributed by atoms with Crippen molar-refractivity contribution in [3.63, 3.8) is 0 Å². The second-order valence-electron chi connectivity index (χ2n) is 6.27. The van der Waals surface area contributed by atoms with Crippen LogP contribution >= 0.6 is 11.8 Å². The normalized spacial score (nSPS) is 18.0. The summed E-state index contributed by atoms with van der Waals surface area (Å²) in [5.41, 5.74) is 2.13. The Morgan fingerprint density at radius 2 is 1.87 bits per heavy atom. The summed E-state index contributed by atoms with van der Waals surface area (Å²) < 4.78 is 0. The fraction of sp³-hybridized carbons (Fsp3) is 0.350. The summed E-state index contributed by atoms with van der Waals surface area (Å²) in [7, 11) is 0. The number of nitrogens with zero attached hydrogens (tertiary/aromatic N) is 1. The average Bonchev–Trinajstić information content (AvgIpc) is 2.60. The molecule has 0 bridgehead atoms. The van der Waals surface area contributed by atoms with Crippen molar-refractivity contribution in [2.45, 2.75) is 30.4 Å². The van der Waals surface area contributed by atoms with E-state index in [2.05, 4.69) is 37.3 Å². The Morgan fingerprint density at radius 1 is 1.13 bits per heavy atom. The minimum Gasteiger partial charge on any atom is -0.338 e. The maximum absolute atomic E-state index is 12.9. The third kappa shape index (κ3) is 4.17. The second-order valence-corrected chi connectivity index (χ2v) is 7.29. The Labute approximate surface area is 142 Å². The zero-order chi connectivity index (χ0) is 16.1. The van der Waals surface area contributed by atoms with Gasteiger partial charge in [0.2, 0.25) is 0 Å². The molecule has 0 spiro atoms. The number of piperidine rings is 1. The summed E-state index contributed by atoms with van der Waals surface area (Å²) in [5, 5.41) is 0. The molecule has 2 nitrogen and oxygen atoms in total. The Kier molecular flexibility index (Phi) is 5.39. The first-order valence-electron chi connectivity index (χ1n) is 8.29. The molecule has 2 aromatic carbocycles. The number of benzene rings is 2. The SMILES string of the molecule is CC1CCCN(C(=O)c2ccccc2SCc2ccccc2)C1. The maximum atomic E-state index is 12.9. The standard InChI is InChI=1S/C20H23NOS/c1-16-8-7-13-21(14-16)20(22)18-11-5-6-12-19(18)23-15-17-9-3-2-4-10-17/h2-6,9-12,16H,7-8,13-15H2,1H3. The van der Waals surface area contributed by atoms with Crippen molar-refractivity contribution in [2.24, 2.45) is 5.92 Å². The predicted octanol–water partition coefficient (Wildman–Crippen LogP) is 4.85. The van der Waals surface area contributed by atoms with Gasteiger partial charge < -0.3 is 4.90 Å². The highest BCUT2D eigenvalue weighted by Crippen LogP contribution is 2.28. The van der Waals surface area contributed by atoms with E-state index in [1.54, 1.807) is 11.8 Å². The van der Waals surface area contributed by atoms with Gasteiger partial charge in [0.1, 0.15) is 0 Å². The van der Waals surface area contributed by atoms with Crippen LogP contribution in [0.3, 0.4) is 0 Å². The average molecular weight is 325 g/mol. The quantitative estimate of drug-likeness (QED) is 0.749. The maximum Gasteiger partial charge on any atom is 0.254 e. The smallest absolute Gasteiger partial charge is 0.254 e. The van der Waals surface area contributed by atoms with Crippen molar-refractivity contribution in [1.82, 2.24) is 4.90 Å². The zero-order valence-electron chi connectivity index (χ0n) is 13.6. The molecule has 3 rings (SSSR count). The molecule has 2 aromatic rings. The Balaban J connectivity index is 1.73. The Hall–Kier alpha value is -1.74. The van der Waals surface area contributed by atoms with Crippen molar-refractivity contribution in [3.05, 3.63) is 65.7 Å². The third-order valence-electron chi connectivity index (χ3n) is 4.30. The molecular formula is C20H23NOS. The molecule has 0 saturated carbocycles. The van der Waals surface area contributed by atoms with Crippen LogP contribution in [0.25, 0.3) is 0 Å². The van der Waals surface area contributed by atoms with Crippen LogP contribution in [0.2, 0.25) is 0 Å². The van der Waals surface area contributed by atoms with Crippen molar-refractivity contribution in [1.29, 1.82) is 0 Å². The number of carbonyl (C=O) groups is 1. The van der Waals surface area contributed by atoms with Gasteiger partial charge in [-0.15, -0.1) is 11.8 Å². The lowest BCUT2D eigenvalue weighted by atomic mass is 9.99. The molecule has 0 radical (unpaired) electrons. The first-order chi connectivity index (χ1) is 11.2. The van der Waals surface area contributed by atoms with E-state index < -0.39 is 0 Å². The highest BCUT2D eigenvalue weighted by Gasteiger charge is 2.23. The zero-order valence-corrected chi connectivity index (χ0v) is 14.4. The van der Waals surface area contributed by atoms with Gasteiger partial charge in [0, 0.05) is 23.7 Å². The topological polar surface area (TPSA) is 20.3 Å². The largest absolute Gasteiger partial charge is 0.338 e. The van der Waals surface area contributed by atoms with Crippen LogP contribution in [-0.4, -0.2) is 23.9 Å². The van der Waals surface area contributed by atoms with E-state index in [9.17, 15) is 4.79 Å². The number of thioether (sulfide) groups is 1. The van der Waals surface area contributed by atoms with Gasteiger partial charge in [0.15, 0.2) is 0 Å². The van der Waals surface area contributed by atoms with Crippen LogP contribution in [-0.2, 0) is 5.75 Å². The summed E-state index contributed by atoms with van der Waals surface area (Å²) in [6, 6.07) is 18.4. The van der Waals surface area contributed by atoms with E-state index in [1.165, 1.54) is 12.0 Å². The molecule has 0 aromatic heterocycles. The molecule has 1 aliphatic heterocycles. The predicted molar refractivity (Wildman–Crippen MR) is 96.7 cm³/mol. The first-order valence-corrected chi connectivity index (χ1v) is 9.27. The number of hydrogen-bond acceptors (Lipinski definition) is 2. The van der Waals surface area contributed by atoms with Gasteiger partial charge in [-0.05, 0) is 36.5 Å². The Morgan fingerprint density at radius 3 is 2.65 bits per heavy atom. The molecule has 1 saturated heterocycles. The van der Waals surface area contributed by atoms with Gasteiger partial charge in [-0.25, -0.2) is 0 Å². The van der Waals surface area contributed by atoms with Gasteiger partial charge in [0.25, 0.3) is 5.91 Å². The fourth-order valence-electron chi connectivity index (χ4n) is 3.05. The third-order valence-corrected chi connectivity index (χ3v) is 5.44. The molecule has 0 N–H and O–H groups in total. The lowest BCUT2D eigenvalue weighted by molar-refractivity contribution is 0.0679. The summed E-state index contributed by atoms with van der Waals surface area (Å²) >= 11 is 1.75. The molecule has 1 heterocycles. The van der Waals surface area contributed by atoms with Crippen LogP contribution < -0.4 is 0 Å². The van der Waals surface area contributed by atoms with Gasteiger partial charge >= 0.3 is 0 Å². The van der Waals surface area contributed by atoms with E-state index in [1.807, 2.05) is 29.2 Å². The molecule has 3 heteroatoms. The summed E-state index contributed by atoms with van der Waals surface area (Å²) in [4.78, 5) is 16.0. The van der Waals surface area contributed by atoms with Gasteiger partial charge in [-0.1, -0.05) is 49.4 Å². The molecular weight excluding hydrogens is 302 g/mol. The molecule has 1 unspecified atom stereocenters. The monoisotopic (exact) mass is 325 g/mol. The van der Waals surface area contributed by atoms with Crippen molar-refractivity contribution in [2.75, 3.05) is 13.1 Å². The van der Waals surface area contributed by atoms with Crippen LogP contribution in [0.5, 0.6) is 0 Å². The first kappa shape index (κ1) is 16.1. The summed E-state index contributed by atoms with van der Waals surface area (Å²) in [5.74, 6) is 1.69. The summed E-state index contributed by atoms with van der Waals surface area (Å²) in [6.07, 6.45) is 2.35. The Bertz CT molecular complexity index is 656.